The number of benzene rings is 1. The number of hydrogen-bond donors (Lipinski definition) is 1. The van der Waals surface area contributed by atoms with Crippen LogP contribution >= 0.6 is 0 Å². The van der Waals surface area contributed by atoms with E-state index in [2.05, 4.69) is 0 Å². The van der Waals surface area contributed by atoms with Crippen LogP contribution in [0.3, 0.4) is 0 Å². The van der Waals surface area contributed by atoms with E-state index < -0.39 is 11.9 Å². The van der Waals surface area contributed by atoms with Gasteiger partial charge in [0.05, 0.1) is 12.2 Å². The summed E-state index contributed by atoms with van der Waals surface area (Å²) >= 11 is 0. The lowest BCUT2D eigenvalue weighted by molar-refractivity contribution is -0.137. The lowest BCUT2D eigenvalue weighted by atomic mass is 10.2. The molecule has 0 unspecified atom stereocenters. The summed E-state index contributed by atoms with van der Waals surface area (Å²) < 4.78 is 4.88. The van der Waals surface area contributed by atoms with E-state index in [4.69, 9.17) is 9.84 Å². The molecule has 0 saturated carbocycles. The summed E-state index contributed by atoms with van der Waals surface area (Å²) in [5, 5.41) is 8.36. The Labute approximate surface area is 87.5 Å². The lowest BCUT2D eigenvalue weighted by Crippen LogP contribution is -2.07. The third kappa shape index (κ3) is 4.26. The minimum atomic E-state index is -0.884. The Morgan fingerprint density at radius 3 is 2.47 bits per heavy atom. The van der Waals surface area contributed by atoms with Gasteiger partial charge in [-0.05, 0) is 18.6 Å². The van der Waals surface area contributed by atoms with Crippen LogP contribution in [-0.2, 0) is 9.53 Å². The van der Waals surface area contributed by atoms with Gasteiger partial charge in [0, 0.05) is 6.42 Å². The van der Waals surface area contributed by atoms with Crippen molar-refractivity contribution in [2.24, 2.45) is 0 Å². The maximum atomic E-state index is 11.3. The first kappa shape index (κ1) is 11.2. The summed E-state index contributed by atoms with van der Waals surface area (Å²) in [5.41, 5.74) is 0.479. The monoisotopic (exact) mass is 208 g/mol. The molecule has 0 aliphatic heterocycles. The average molecular weight is 208 g/mol. The van der Waals surface area contributed by atoms with Gasteiger partial charge in [-0.3, -0.25) is 4.79 Å². The van der Waals surface area contributed by atoms with E-state index in [0.717, 1.165) is 0 Å². The largest absolute Gasteiger partial charge is 0.481 e. The topological polar surface area (TPSA) is 63.6 Å². The first-order valence-electron chi connectivity index (χ1n) is 4.64. The number of carbonyl (C=O) groups is 2. The number of carboxylic acids is 1. The van der Waals surface area contributed by atoms with Crippen molar-refractivity contribution >= 4 is 11.9 Å². The molecule has 0 radical (unpaired) electrons. The second-order valence-corrected chi connectivity index (χ2v) is 3.00. The van der Waals surface area contributed by atoms with Crippen molar-refractivity contribution in [2.75, 3.05) is 6.61 Å². The molecule has 1 N–H and O–H groups in total. The van der Waals surface area contributed by atoms with E-state index in [1.54, 1.807) is 30.3 Å². The molecule has 0 heterocycles. The first-order valence-corrected chi connectivity index (χ1v) is 4.64. The molecule has 0 saturated heterocycles. The molecule has 80 valence electrons. The molecule has 1 aromatic rings. The molecule has 0 atom stereocenters. The van der Waals surface area contributed by atoms with Gasteiger partial charge in [0.15, 0.2) is 0 Å². The fourth-order valence-electron chi connectivity index (χ4n) is 1.05. The van der Waals surface area contributed by atoms with Gasteiger partial charge in [-0.25, -0.2) is 4.79 Å². The van der Waals surface area contributed by atoms with Crippen molar-refractivity contribution in [3.63, 3.8) is 0 Å². The zero-order valence-corrected chi connectivity index (χ0v) is 8.18. The quantitative estimate of drug-likeness (QED) is 0.591. The molecule has 0 bridgehead atoms. The molecule has 0 fully saturated rings. The van der Waals surface area contributed by atoms with Crippen LogP contribution in [0, 0.1) is 0 Å². The minimum absolute atomic E-state index is 0.0159. The third-order valence-electron chi connectivity index (χ3n) is 1.78. The van der Waals surface area contributed by atoms with Crippen LogP contribution in [0.5, 0.6) is 0 Å². The molecule has 0 spiro atoms. The number of hydrogen-bond acceptors (Lipinski definition) is 3. The standard InChI is InChI=1S/C11H12O4/c12-10(13)7-4-8-15-11(14)9-5-2-1-3-6-9/h1-3,5-6H,4,7-8H2,(H,12,13). The van der Waals surface area contributed by atoms with Crippen LogP contribution in [0.1, 0.15) is 23.2 Å². The Morgan fingerprint density at radius 2 is 1.87 bits per heavy atom. The molecule has 0 aliphatic carbocycles. The zero-order chi connectivity index (χ0) is 11.1. The zero-order valence-electron chi connectivity index (χ0n) is 8.18. The number of aliphatic carboxylic acids is 1. The van der Waals surface area contributed by atoms with Crippen molar-refractivity contribution in [3.8, 4) is 0 Å². The van der Waals surface area contributed by atoms with E-state index in [9.17, 15) is 9.59 Å². The molecule has 15 heavy (non-hydrogen) atoms. The van der Waals surface area contributed by atoms with Crippen LogP contribution in [0.4, 0.5) is 0 Å². The molecule has 0 aromatic heterocycles. The predicted molar refractivity (Wildman–Crippen MR) is 53.6 cm³/mol. The fourth-order valence-corrected chi connectivity index (χ4v) is 1.05. The molecule has 1 rings (SSSR count). The van der Waals surface area contributed by atoms with Gasteiger partial charge in [-0.15, -0.1) is 0 Å². The second-order valence-electron chi connectivity index (χ2n) is 3.00. The number of ether oxygens (including phenoxy) is 1. The van der Waals surface area contributed by atoms with Crippen molar-refractivity contribution in [2.45, 2.75) is 12.8 Å². The smallest absolute Gasteiger partial charge is 0.338 e. The van der Waals surface area contributed by atoms with Gasteiger partial charge in [0.1, 0.15) is 0 Å². The van der Waals surface area contributed by atoms with Crippen LogP contribution in [0.15, 0.2) is 30.3 Å². The number of carbonyl (C=O) groups excluding carboxylic acids is 1. The summed E-state index contributed by atoms with van der Waals surface area (Å²) in [6.45, 7) is 0.139. The van der Waals surface area contributed by atoms with Gasteiger partial charge in [0.25, 0.3) is 0 Å². The normalized spacial score (nSPS) is 9.60. The van der Waals surface area contributed by atoms with Gasteiger partial charge in [0.2, 0.25) is 0 Å². The molecule has 1 aromatic carbocycles. The highest BCUT2D eigenvalue weighted by Gasteiger charge is 2.05. The maximum absolute atomic E-state index is 11.3. The highest BCUT2D eigenvalue weighted by molar-refractivity contribution is 5.89. The molecule has 4 nitrogen and oxygen atoms in total. The predicted octanol–water partition coefficient (Wildman–Crippen LogP) is 1.71. The van der Waals surface area contributed by atoms with E-state index in [1.807, 2.05) is 0 Å². The Kier molecular flexibility index (Phi) is 4.34. The maximum Gasteiger partial charge on any atom is 0.338 e. The summed E-state index contributed by atoms with van der Waals surface area (Å²) in [6.07, 6.45) is 0.357. The highest BCUT2D eigenvalue weighted by Crippen LogP contribution is 2.01. The second kappa shape index (κ2) is 5.80. The number of rotatable bonds is 5. The van der Waals surface area contributed by atoms with E-state index in [0.29, 0.717) is 12.0 Å². The van der Waals surface area contributed by atoms with E-state index in [-0.39, 0.29) is 13.0 Å². The lowest BCUT2D eigenvalue weighted by Gasteiger charge is -2.02. The number of esters is 1. The van der Waals surface area contributed by atoms with Crippen LogP contribution in [0.25, 0.3) is 0 Å². The average Bonchev–Trinajstić information content (AvgIpc) is 2.25. The molecule has 4 heteroatoms. The van der Waals surface area contributed by atoms with Crippen molar-refractivity contribution in [1.82, 2.24) is 0 Å². The Morgan fingerprint density at radius 1 is 1.20 bits per heavy atom. The van der Waals surface area contributed by atoms with Crippen LogP contribution < -0.4 is 0 Å². The third-order valence-corrected chi connectivity index (χ3v) is 1.78. The summed E-state index contributed by atoms with van der Waals surface area (Å²) in [6, 6.07) is 8.60. The van der Waals surface area contributed by atoms with Crippen LogP contribution in [0.2, 0.25) is 0 Å². The first-order chi connectivity index (χ1) is 7.20. The molecule has 0 amide bonds. The van der Waals surface area contributed by atoms with E-state index in [1.165, 1.54) is 0 Å². The van der Waals surface area contributed by atoms with Gasteiger partial charge in [-0.2, -0.15) is 0 Å². The summed E-state index contributed by atoms with van der Waals surface area (Å²) in [5.74, 6) is -1.30. The molecule has 0 aliphatic rings. The van der Waals surface area contributed by atoms with Crippen molar-refractivity contribution < 1.29 is 19.4 Å². The Hall–Kier alpha value is -1.84. The van der Waals surface area contributed by atoms with Crippen molar-refractivity contribution in [1.29, 1.82) is 0 Å². The molecular weight excluding hydrogens is 196 g/mol. The molecular formula is C11H12O4. The highest BCUT2D eigenvalue weighted by atomic mass is 16.5. The van der Waals surface area contributed by atoms with Crippen LogP contribution in [-0.4, -0.2) is 23.7 Å². The van der Waals surface area contributed by atoms with Gasteiger partial charge < -0.3 is 9.84 Å². The minimum Gasteiger partial charge on any atom is -0.481 e. The van der Waals surface area contributed by atoms with E-state index >= 15 is 0 Å². The van der Waals surface area contributed by atoms with Crippen molar-refractivity contribution in [3.05, 3.63) is 35.9 Å². The Bertz CT molecular complexity index is 332. The Balaban J connectivity index is 2.28. The van der Waals surface area contributed by atoms with Gasteiger partial charge >= 0.3 is 11.9 Å². The summed E-state index contributed by atoms with van der Waals surface area (Å²) in [7, 11) is 0. The fraction of sp³-hybridized carbons (Fsp3) is 0.273. The number of carboxylic acid groups (broad SMARTS) is 1. The SMILES string of the molecule is O=C(O)CCCOC(=O)c1ccccc1. The van der Waals surface area contributed by atoms with Gasteiger partial charge in [-0.1, -0.05) is 18.2 Å². The summed E-state index contributed by atoms with van der Waals surface area (Å²) in [4.78, 5) is 21.5.